The maximum absolute atomic E-state index is 13.3. The molecule has 2 nitrogen and oxygen atoms in total. The zero-order chi connectivity index (χ0) is 20.7. The van der Waals surface area contributed by atoms with Crippen LogP contribution in [-0.2, 0) is 11.3 Å². The molecule has 0 spiro atoms. The van der Waals surface area contributed by atoms with Crippen LogP contribution in [0.5, 0.6) is 0 Å². The van der Waals surface area contributed by atoms with E-state index in [1.807, 2.05) is 65.6 Å². The van der Waals surface area contributed by atoms with Gasteiger partial charge in [0.1, 0.15) is 0 Å². The Hall–Kier alpha value is -2.81. The van der Waals surface area contributed by atoms with Crippen LogP contribution in [0.25, 0.3) is 10.8 Å². The third-order valence-electron chi connectivity index (χ3n) is 5.83. The summed E-state index contributed by atoms with van der Waals surface area (Å²) >= 11 is 13.0. The first-order valence-electron chi connectivity index (χ1n) is 9.93. The number of carbonyl (C=O) groups is 1. The average Bonchev–Trinajstić information content (AvgIpc) is 2.77. The van der Waals surface area contributed by atoms with Gasteiger partial charge in [0.25, 0.3) is 0 Å². The number of amides is 1. The SMILES string of the molecule is O=C1CC(c2ccccc2Cl)c2c(ccc3ccccc23)N1Cc1ccccc1Cl. The molecule has 0 saturated carbocycles. The van der Waals surface area contributed by atoms with Crippen molar-refractivity contribution in [3.05, 3.63) is 112 Å². The van der Waals surface area contributed by atoms with Crippen LogP contribution in [0, 0.1) is 0 Å². The minimum absolute atomic E-state index is 0.0719. The van der Waals surface area contributed by atoms with E-state index in [0.29, 0.717) is 23.0 Å². The highest BCUT2D eigenvalue weighted by molar-refractivity contribution is 6.32. The van der Waals surface area contributed by atoms with Gasteiger partial charge in [0.15, 0.2) is 0 Å². The van der Waals surface area contributed by atoms with Gasteiger partial charge in [0.05, 0.1) is 6.54 Å². The Morgan fingerprint density at radius 1 is 0.800 bits per heavy atom. The van der Waals surface area contributed by atoms with Crippen molar-refractivity contribution in [1.29, 1.82) is 0 Å². The van der Waals surface area contributed by atoms with Crippen LogP contribution < -0.4 is 4.90 Å². The number of halogens is 2. The van der Waals surface area contributed by atoms with Crippen LogP contribution in [0.15, 0.2) is 84.9 Å². The van der Waals surface area contributed by atoms with Crippen LogP contribution in [0.2, 0.25) is 10.0 Å². The van der Waals surface area contributed by atoms with Crippen molar-refractivity contribution in [3.8, 4) is 0 Å². The van der Waals surface area contributed by atoms with Crippen molar-refractivity contribution in [3.63, 3.8) is 0 Å². The van der Waals surface area contributed by atoms with E-state index in [4.69, 9.17) is 23.2 Å². The molecule has 1 amide bonds. The van der Waals surface area contributed by atoms with Gasteiger partial charge in [-0.1, -0.05) is 89.9 Å². The second kappa shape index (κ2) is 7.79. The Labute approximate surface area is 185 Å². The quantitative estimate of drug-likeness (QED) is 0.335. The Balaban J connectivity index is 1.71. The van der Waals surface area contributed by atoms with Gasteiger partial charge < -0.3 is 4.90 Å². The maximum atomic E-state index is 13.3. The van der Waals surface area contributed by atoms with Crippen molar-refractivity contribution in [2.75, 3.05) is 4.90 Å². The molecule has 1 aliphatic heterocycles. The van der Waals surface area contributed by atoms with E-state index in [1.54, 1.807) is 0 Å². The van der Waals surface area contributed by atoms with Crippen molar-refractivity contribution in [1.82, 2.24) is 0 Å². The largest absolute Gasteiger partial charge is 0.308 e. The number of hydrogen-bond acceptors (Lipinski definition) is 1. The monoisotopic (exact) mass is 431 g/mol. The molecular formula is C26H19Cl2NO. The summed E-state index contributed by atoms with van der Waals surface area (Å²) in [4.78, 5) is 15.2. The predicted molar refractivity (Wildman–Crippen MR) is 125 cm³/mol. The summed E-state index contributed by atoms with van der Waals surface area (Å²) in [5.41, 5.74) is 3.99. The molecule has 0 N–H and O–H groups in total. The lowest BCUT2D eigenvalue weighted by atomic mass is 9.81. The summed E-state index contributed by atoms with van der Waals surface area (Å²) < 4.78 is 0. The zero-order valence-corrected chi connectivity index (χ0v) is 17.7. The minimum atomic E-state index is -0.0882. The van der Waals surface area contributed by atoms with Crippen LogP contribution in [0.3, 0.4) is 0 Å². The van der Waals surface area contributed by atoms with E-state index < -0.39 is 0 Å². The zero-order valence-electron chi connectivity index (χ0n) is 16.2. The predicted octanol–water partition coefficient (Wildman–Crippen LogP) is 7.22. The lowest BCUT2D eigenvalue weighted by molar-refractivity contribution is -0.119. The second-order valence-corrected chi connectivity index (χ2v) is 8.38. The van der Waals surface area contributed by atoms with E-state index in [0.717, 1.165) is 33.2 Å². The second-order valence-electron chi connectivity index (χ2n) is 7.57. The molecule has 0 aliphatic carbocycles. The van der Waals surface area contributed by atoms with E-state index in [1.165, 1.54) is 0 Å². The number of rotatable bonds is 3. The topological polar surface area (TPSA) is 20.3 Å². The Morgan fingerprint density at radius 2 is 1.50 bits per heavy atom. The van der Waals surface area contributed by atoms with E-state index in [9.17, 15) is 4.79 Å². The highest BCUT2D eigenvalue weighted by atomic mass is 35.5. The van der Waals surface area contributed by atoms with E-state index in [-0.39, 0.29) is 11.8 Å². The fraction of sp³-hybridized carbons (Fsp3) is 0.115. The number of nitrogens with zero attached hydrogens (tertiary/aromatic N) is 1. The highest BCUT2D eigenvalue weighted by Gasteiger charge is 2.34. The standard InChI is InChI=1S/C26H19Cl2NO/c27-22-11-5-2-8-18(22)16-29-24-14-13-17-7-1-3-9-19(17)26(24)21(15-25(29)30)20-10-4-6-12-23(20)28/h1-14,21H,15-16H2. The summed E-state index contributed by atoms with van der Waals surface area (Å²) in [5.74, 6) is -0.0163. The van der Waals surface area contributed by atoms with Crippen LogP contribution in [-0.4, -0.2) is 5.91 Å². The molecule has 0 bridgehead atoms. The van der Waals surface area contributed by atoms with Crippen molar-refractivity contribution in [2.24, 2.45) is 0 Å². The summed E-state index contributed by atoms with van der Waals surface area (Å²) in [6, 6.07) is 27.9. The Morgan fingerprint density at radius 3 is 2.30 bits per heavy atom. The molecule has 4 heteroatoms. The number of benzene rings is 4. The van der Waals surface area contributed by atoms with Crippen LogP contribution in [0.4, 0.5) is 5.69 Å². The first-order chi connectivity index (χ1) is 14.6. The molecule has 1 atom stereocenters. The molecule has 1 aliphatic rings. The Bertz CT molecular complexity index is 1270. The summed E-state index contributed by atoms with van der Waals surface area (Å²) in [7, 11) is 0. The third kappa shape index (κ3) is 3.27. The number of hydrogen-bond donors (Lipinski definition) is 0. The maximum Gasteiger partial charge on any atom is 0.228 e. The molecule has 4 aromatic rings. The van der Waals surface area contributed by atoms with Gasteiger partial charge in [0, 0.05) is 28.1 Å². The van der Waals surface area contributed by atoms with Crippen LogP contribution >= 0.6 is 23.2 Å². The lowest BCUT2D eigenvalue weighted by Crippen LogP contribution is -2.36. The lowest BCUT2D eigenvalue weighted by Gasteiger charge is -2.36. The normalized spacial score (nSPS) is 16.0. The molecular weight excluding hydrogens is 413 g/mol. The van der Waals surface area contributed by atoms with Crippen LogP contribution in [0.1, 0.15) is 29.0 Å². The summed E-state index contributed by atoms with van der Waals surface area (Å²) in [5, 5.41) is 3.66. The fourth-order valence-corrected chi connectivity index (χ4v) is 4.86. The number of anilines is 1. The molecule has 1 unspecified atom stereocenters. The third-order valence-corrected chi connectivity index (χ3v) is 6.55. The molecule has 30 heavy (non-hydrogen) atoms. The first-order valence-corrected chi connectivity index (χ1v) is 10.7. The molecule has 0 fully saturated rings. The summed E-state index contributed by atoms with van der Waals surface area (Å²) in [6.45, 7) is 0.444. The van der Waals surface area contributed by atoms with Crippen molar-refractivity contribution >= 4 is 45.6 Å². The van der Waals surface area contributed by atoms with Gasteiger partial charge in [0.2, 0.25) is 5.91 Å². The smallest absolute Gasteiger partial charge is 0.228 e. The number of carbonyl (C=O) groups excluding carboxylic acids is 1. The molecule has 148 valence electrons. The molecule has 5 rings (SSSR count). The molecule has 4 aromatic carbocycles. The molecule has 0 radical (unpaired) electrons. The molecule has 0 aromatic heterocycles. The van der Waals surface area contributed by atoms with Gasteiger partial charge in [-0.3, -0.25) is 4.79 Å². The fourth-order valence-electron chi connectivity index (χ4n) is 4.40. The van der Waals surface area contributed by atoms with E-state index >= 15 is 0 Å². The van der Waals surface area contributed by atoms with Crippen molar-refractivity contribution < 1.29 is 4.79 Å². The minimum Gasteiger partial charge on any atom is -0.308 e. The van der Waals surface area contributed by atoms with Gasteiger partial charge in [-0.25, -0.2) is 0 Å². The highest BCUT2D eigenvalue weighted by Crippen LogP contribution is 2.46. The van der Waals surface area contributed by atoms with Gasteiger partial charge in [-0.15, -0.1) is 0 Å². The molecule has 1 heterocycles. The average molecular weight is 432 g/mol. The van der Waals surface area contributed by atoms with E-state index in [2.05, 4.69) is 24.3 Å². The first kappa shape index (κ1) is 19.2. The van der Waals surface area contributed by atoms with Gasteiger partial charge >= 0.3 is 0 Å². The van der Waals surface area contributed by atoms with Gasteiger partial charge in [-0.05, 0) is 45.7 Å². The van der Waals surface area contributed by atoms with Gasteiger partial charge in [-0.2, -0.15) is 0 Å². The summed E-state index contributed by atoms with van der Waals surface area (Å²) in [6.07, 6.45) is 0.370. The Kier molecular flexibility index (Phi) is 4.98. The van der Waals surface area contributed by atoms with Crippen molar-refractivity contribution in [2.45, 2.75) is 18.9 Å². The number of fused-ring (bicyclic) bond motifs is 3. The molecule has 0 saturated heterocycles.